The largest absolute Gasteiger partial charge is 0.480 e. The van der Waals surface area contributed by atoms with Crippen molar-refractivity contribution in [1.29, 1.82) is 0 Å². The maximum absolute atomic E-state index is 12.0. The molecule has 0 aliphatic carbocycles. The van der Waals surface area contributed by atoms with Gasteiger partial charge in [0.15, 0.2) is 11.6 Å². The molecule has 1 aromatic carbocycles. The van der Waals surface area contributed by atoms with Crippen molar-refractivity contribution in [3.63, 3.8) is 0 Å². The lowest BCUT2D eigenvalue weighted by Crippen LogP contribution is -2.23. The van der Waals surface area contributed by atoms with Gasteiger partial charge in [-0.3, -0.25) is 9.59 Å². The Morgan fingerprint density at radius 1 is 1.31 bits per heavy atom. The van der Waals surface area contributed by atoms with Crippen LogP contribution in [0.1, 0.15) is 44.9 Å². The zero-order chi connectivity index (χ0) is 18.5. The van der Waals surface area contributed by atoms with Gasteiger partial charge in [-0.1, -0.05) is 31.9 Å². The van der Waals surface area contributed by atoms with Crippen LogP contribution in [0.15, 0.2) is 24.3 Å². The van der Waals surface area contributed by atoms with Crippen LogP contribution < -0.4 is 4.90 Å². The first-order chi connectivity index (χ1) is 12.6. The molecule has 0 saturated carbocycles. The molecule has 7 heteroatoms. The molecule has 1 fully saturated rings. The van der Waals surface area contributed by atoms with Crippen LogP contribution in [0, 0.1) is 0 Å². The summed E-state index contributed by atoms with van der Waals surface area (Å²) in [5.74, 6) is 0.362. The normalized spacial score (nSPS) is 14.2. The predicted molar refractivity (Wildman–Crippen MR) is 97.9 cm³/mol. The Bertz CT molecular complexity index is 800. The van der Waals surface area contributed by atoms with Gasteiger partial charge in [0, 0.05) is 30.6 Å². The first-order valence-electron chi connectivity index (χ1n) is 9.15. The van der Waals surface area contributed by atoms with Crippen LogP contribution in [0.4, 0.5) is 5.69 Å². The minimum absolute atomic E-state index is 0.120. The van der Waals surface area contributed by atoms with E-state index in [0.29, 0.717) is 24.6 Å². The number of carbonyl (C=O) groups is 2. The molecule has 0 bridgehead atoms. The molecule has 0 unspecified atom stereocenters. The standard InChI is InChI=1S/C19H24N4O3/c1-2-3-4-9-16-20-19(23(21-16)13-18(25)26)14-7-5-8-15(12-14)22-11-6-10-17(22)24/h5,7-8,12H,2-4,6,9-11,13H2,1H3,(H,25,26). The summed E-state index contributed by atoms with van der Waals surface area (Å²) in [7, 11) is 0. The molecule has 1 aromatic heterocycles. The number of rotatable bonds is 8. The maximum atomic E-state index is 12.0. The van der Waals surface area contributed by atoms with Crippen molar-refractivity contribution < 1.29 is 14.7 Å². The second-order valence-corrected chi connectivity index (χ2v) is 6.56. The SMILES string of the molecule is CCCCCc1nc(-c2cccc(N3CCCC3=O)c2)n(CC(=O)O)n1. The molecule has 1 amide bonds. The van der Waals surface area contributed by atoms with Crippen molar-refractivity contribution in [2.45, 2.75) is 52.0 Å². The van der Waals surface area contributed by atoms with E-state index in [1.54, 1.807) is 4.90 Å². The van der Waals surface area contributed by atoms with E-state index in [9.17, 15) is 14.7 Å². The topological polar surface area (TPSA) is 88.3 Å². The smallest absolute Gasteiger partial charge is 0.325 e. The Balaban J connectivity index is 1.91. The lowest BCUT2D eigenvalue weighted by molar-refractivity contribution is -0.137. The Kier molecular flexibility index (Phi) is 5.65. The highest BCUT2D eigenvalue weighted by Gasteiger charge is 2.22. The summed E-state index contributed by atoms with van der Waals surface area (Å²) >= 11 is 0. The van der Waals surface area contributed by atoms with Gasteiger partial charge in [-0.15, -0.1) is 0 Å². The summed E-state index contributed by atoms with van der Waals surface area (Å²) in [6.45, 7) is 2.61. The van der Waals surface area contributed by atoms with E-state index in [4.69, 9.17) is 0 Å². The Morgan fingerprint density at radius 2 is 2.15 bits per heavy atom. The molecule has 0 radical (unpaired) electrons. The van der Waals surface area contributed by atoms with Crippen LogP contribution in [0.3, 0.4) is 0 Å². The molecule has 7 nitrogen and oxygen atoms in total. The van der Waals surface area contributed by atoms with E-state index >= 15 is 0 Å². The molecule has 1 aliphatic heterocycles. The average Bonchev–Trinajstić information content (AvgIpc) is 3.21. The number of aromatic nitrogens is 3. The zero-order valence-corrected chi connectivity index (χ0v) is 15.0. The van der Waals surface area contributed by atoms with E-state index in [1.165, 1.54) is 4.68 Å². The lowest BCUT2D eigenvalue weighted by Gasteiger charge is -2.16. The van der Waals surface area contributed by atoms with Gasteiger partial charge in [-0.2, -0.15) is 5.10 Å². The molecule has 26 heavy (non-hydrogen) atoms. The fourth-order valence-corrected chi connectivity index (χ4v) is 3.21. The summed E-state index contributed by atoms with van der Waals surface area (Å²) in [5, 5.41) is 13.6. The number of amides is 1. The quantitative estimate of drug-likeness (QED) is 0.735. The molecule has 1 saturated heterocycles. The number of unbranched alkanes of at least 4 members (excludes halogenated alkanes) is 2. The van der Waals surface area contributed by atoms with Gasteiger partial charge < -0.3 is 10.0 Å². The third-order valence-corrected chi connectivity index (χ3v) is 4.49. The van der Waals surface area contributed by atoms with Gasteiger partial charge in [-0.25, -0.2) is 9.67 Å². The van der Waals surface area contributed by atoms with Crippen LogP contribution >= 0.6 is 0 Å². The molecule has 0 spiro atoms. The molecular formula is C19H24N4O3. The molecule has 2 heterocycles. The van der Waals surface area contributed by atoms with Gasteiger partial charge in [0.1, 0.15) is 6.54 Å². The number of anilines is 1. The van der Waals surface area contributed by atoms with Crippen LogP contribution in [0.5, 0.6) is 0 Å². The summed E-state index contributed by atoms with van der Waals surface area (Å²) < 4.78 is 1.44. The van der Waals surface area contributed by atoms with E-state index in [2.05, 4.69) is 17.0 Å². The first-order valence-corrected chi connectivity index (χ1v) is 9.15. The minimum Gasteiger partial charge on any atom is -0.480 e. The molecule has 1 aliphatic rings. The van der Waals surface area contributed by atoms with E-state index in [-0.39, 0.29) is 12.5 Å². The third kappa shape index (κ3) is 4.09. The molecule has 0 atom stereocenters. The number of carbonyl (C=O) groups excluding carboxylic acids is 1. The highest BCUT2D eigenvalue weighted by atomic mass is 16.4. The van der Waals surface area contributed by atoms with Gasteiger partial charge in [0.05, 0.1) is 0 Å². The number of hydrogen-bond donors (Lipinski definition) is 1. The lowest BCUT2D eigenvalue weighted by atomic mass is 10.1. The number of nitrogens with zero attached hydrogens (tertiary/aromatic N) is 4. The van der Waals surface area contributed by atoms with Crippen LogP contribution in [-0.4, -0.2) is 38.3 Å². The Labute approximate surface area is 152 Å². The number of hydrogen-bond acceptors (Lipinski definition) is 4. The summed E-state index contributed by atoms with van der Waals surface area (Å²) in [6.07, 6.45) is 5.35. The van der Waals surface area contributed by atoms with Gasteiger partial charge >= 0.3 is 5.97 Å². The first kappa shape index (κ1) is 18.1. The predicted octanol–water partition coefficient (Wildman–Crippen LogP) is 2.89. The fourth-order valence-electron chi connectivity index (χ4n) is 3.21. The molecule has 3 rings (SSSR count). The third-order valence-electron chi connectivity index (χ3n) is 4.49. The molecule has 138 valence electrons. The van der Waals surface area contributed by atoms with Crippen molar-refractivity contribution in [3.05, 3.63) is 30.1 Å². The van der Waals surface area contributed by atoms with Gasteiger partial charge in [-0.05, 0) is 25.0 Å². The van der Waals surface area contributed by atoms with Crippen molar-refractivity contribution in [2.75, 3.05) is 11.4 Å². The number of carboxylic acid groups (broad SMARTS) is 1. The Hall–Kier alpha value is -2.70. The average molecular weight is 356 g/mol. The number of aryl methyl sites for hydroxylation is 1. The zero-order valence-electron chi connectivity index (χ0n) is 15.0. The Morgan fingerprint density at radius 3 is 2.85 bits per heavy atom. The second kappa shape index (κ2) is 8.12. The van der Waals surface area contributed by atoms with Crippen LogP contribution in [-0.2, 0) is 22.6 Å². The molecular weight excluding hydrogens is 332 g/mol. The van der Waals surface area contributed by atoms with E-state index in [0.717, 1.165) is 43.4 Å². The maximum Gasteiger partial charge on any atom is 0.325 e. The minimum atomic E-state index is -0.956. The van der Waals surface area contributed by atoms with Crippen molar-refractivity contribution in [1.82, 2.24) is 14.8 Å². The highest BCUT2D eigenvalue weighted by Crippen LogP contribution is 2.27. The summed E-state index contributed by atoms with van der Waals surface area (Å²) in [5.41, 5.74) is 1.60. The number of carboxylic acids is 1. The van der Waals surface area contributed by atoms with Crippen LogP contribution in [0.25, 0.3) is 11.4 Å². The van der Waals surface area contributed by atoms with E-state index < -0.39 is 5.97 Å². The summed E-state index contributed by atoms with van der Waals surface area (Å²) in [6, 6.07) is 7.53. The molecule has 1 N–H and O–H groups in total. The van der Waals surface area contributed by atoms with Crippen molar-refractivity contribution in [3.8, 4) is 11.4 Å². The molecule has 2 aromatic rings. The van der Waals surface area contributed by atoms with Gasteiger partial charge in [0.2, 0.25) is 5.91 Å². The van der Waals surface area contributed by atoms with Gasteiger partial charge in [0.25, 0.3) is 0 Å². The highest BCUT2D eigenvalue weighted by molar-refractivity contribution is 5.95. The number of aliphatic carboxylic acids is 1. The summed E-state index contributed by atoms with van der Waals surface area (Å²) in [4.78, 5) is 29.5. The number of benzene rings is 1. The second-order valence-electron chi connectivity index (χ2n) is 6.56. The fraction of sp³-hybridized carbons (Fsp3) is 0.474. The van der Waals surface area contributed by atoms with Crippen LogP contribution in [0.2, 0.25) is 0 Å². The monoisotopic (exact) mass is 356 g/mol. The van der Waals surface area contributed by atoms with Crippen molar-refractivity contribution >= 4 is 17.6 Å². The van der Waals surface area contributed by atoms with Crippen molar-refractivity contribution in [2.24, 2.45) is 0 Å². The van der Waals surface area contributed by atoms with E-state index in [1.807, 2.05) is 24.3 Å².